The molecular weight excluding hydrogens is 911 g/mol. The third-order valence-electron chi connectivity index (χ3n) is 12.4. The van der Waals surface area contributed by atoms with Gasteiger partial charge in [-0.1, -0.05) is 18.6 Å². The molecule has 376 valence electrons. The van der Waals surface area contributed by atoms with E-state index in [9.17, 15) is 59.1 Å². The van der Waals surface area contributed by atoms with Crippen LogP contribution in [0.3, 0.4) is 0 Å². The minimum Gasteiger partial charge on any atom is -0.507 e. The van der Waals surface area contributed by atoms with E-state index >= 15 is 0 Å². The Morgan fingerprint density at radius 2 is 1.61 bits per heavy atom. The van der Waals surface area contributed by atoms with Crippen molar-refractivity contribution in [2.24, 2.45) is 0 Å². The van der Waals surface area contributed by atoms with Crippen LogP contribution in [0.25, 0.3) is 0 Å². The molecule has 69 heavy (non-hydrogen) atoms. The molecule has 22 heteroatoms. The number of ether oxygens (including phenoxy) is 7. The fourth-order valence-electron chi connectivity index (χ4n) is 8.83. The van der Waals surface area contributed by atoms with Crippen LogP contribution in [0.15, 0.2) is 30.4 Å². The second kappa shape index (κ2) is 22.7. The number of aromatic hydroxyl groups is 2. The predicted molar refractivity (Wildman–Crippen MR) is 236 cm³/mol. The number of rotatable bonds is 23. The Morgan fingerprint density at radius 3 is 2.30 bits per heavy atom. The normalized spacial score (nSPS) is 23.8. The zero-order chi connectivity index (χ0) is 50.2. The standard InChI is InChI=1S/C47H59N3O19/c1-25-40(56)28(48-45(61)67-24-46(2,23-66-18-17-65-16-15-63-3)49-32(53)11-6-5-7-14-50-33(54)12-13-34(50)55)19-35(68-25)69-30-21-47(62,31(52)22-51)20-27-37(30)44(60)39-38(42(27)58)41(57)26-9-8-10-29(64-4)36(26)43(39)59/h8-10,12-13,25,28,30,35,40,51,56,58,60,62H,5-7,11,14-24H2,1-4H3,(H,48,61)(H,49,53)/t25-,28-,30+,35-,40+,46?,47-/m1/s1. The molecule has 4 aliphatic rings. The van der Waals surface area contributed by atoms with Gasteiger partial charge in [-0.3, -0.25) is 33.7 Å². The van der Waals surface area contributed by atoms with E-state index in [2.05, 4.69) is 10.6 Å². The fraction of sp³-hybridized carbons (Fsp3) is 0.553. The van der Waals surface area contributed by atoms with Crippen LogP contribution in [0.1, 0.15) is 101 Å². The zero-order valence-electron chi connectivity index (χ0n) is 38.8. The van der Waals surface area contributed by atoms with Gasteiger partial charge in [0.1, 0.15) is 42.2 Å². The highest BCUT2D eigenvalue weighted by Crippen LogP contribution is 2.52. The van der Waals surface area contributed by atoms with Crippen molar-refractivity contribution in [2.45, 2.75) is 101 Å². The van der Waals surface area contributed by atoms with Gasteiger partial charge in [-0.25, -0.2) is 4.79 Å². The average Bonchev–Trinajstić information content (AvgIpc) is 3.64. The number of methoxy groups -OCH3 is 2. The van der Waals surface area contributed by atoms with E-state index in [0.29, 0.717) is 32.5 Å². The van der Waals surface area contributed by atoms with Gasteiger partial charge < -0.3 is 69.3 Å². The molecule has 1 fully saturated rings. The van der Waals surface area contributed by atoms with Crippen molar-refractivity contribution >= 4 is 41.2 Å². The van der Waals surface area contributed by atoms with Gasteiger partial charge in [0.15, 0.2) is 17.9 Å². The van der Waals surface area contributed by atoms with Crippen molar-refractivity contribution in [3.05, 3.63) is 63.7 Å². The SMILES string of the molecule is COCCOCCOCC(C)(COC(=O)N[C@@H]1C[C@@H](O[C@H]2C[C@@](O)(C(=O)CO)Cc3c(O)c4c(c(O)c32)C(=O)c2c(OC)cccc2C4=O)O[C@H](C)[C@@H]1O)NC(=O)CCCCCN1C(=O)C=CC1=O. The molecule has 1 unspecified atom stereocenters. The minimum atomic E-state index is -2.41. The molecule has 22 nitrogen and oxygen atoms in total. The summed E-state index contributed by atoms with van der Waals surface area (Å²) in [7, 11) is 2.82. The van der Waals surface area contributed by atoms with Gasteiger partial charge in [0.2, 0.25) is 11.7 Å². The van der Waals surface area contributed by atoms with Gasteiger partial charge in [0.25, 0.3) is 11.8 Å². The lowest BCUT2D eigenvalue weighted by molar-refractivity contribution is -0.249. The van der Waals surface area contributed by atoms with Crippen molar-refractivity contribution in [2.75, 3.05) is 67.0 Å². The third kappa shape index (κ3) is 11.8. The molecule has 7 atom stereocenters. The lowest BCUT2D eigenvalue weighted by Gasteiger charge is -2.42. The van der Waals surface area contributed by atoms with Crippen LogP contribution in [0.4, 0.5) is 4.79 Å². The largest absolute Gasteiger partial charge is 0.507 e. The van der Waals surface area contributed by atoms with Crippen molar-refractivity contribution in [3.8, 4) is 17.2 Å². The van der Waals surface area contributed by atoms with E-state index in [1.807, 2.05) is 0 Å². The highest BCUT2D eigenvalue weighted by atomic mass is 16.7. The van der Waals surface area contributed by atoms with Crippen molar-refractivity contribution in [3.63, 3.8) is 0 Å². The molecule has 0 saturated carbocycles. The Morgan fingerprint density at radius 1 is 0.913 bits per heavy atom. The first-order valence-corrected chi connectivity index (χ1v) is 22.5. The van der Waals surface area contributed by atoms with E-state index in [-0.39, 0.29) is 84.9 Å². The molecular formula is C47H59N3O19. The number of phenolic OH excluding ortho intramolecular Hbond substituents is 2. The summed E-state index contributed by atoms with van der Waals surface area (Å²) < 4.78 is 39.3. The zero-order valence-corrected chi connectivity index (χ0v) is 38.8. The van der Waals surface area contributed by atoms with Crippen LogP contribution in [-0.4, -0.2) is 174 Å². The maximum absolute atomic E-state index is 14.0. The van der Waals surface area contributed by atoms with Gasteiger partial charge >= 0.3 is 6.09 Å². The molecule has 0 radical (unpaired) electrons. The Bertz CT molecular complexity index is 2320. The Kier molecular flexibility index (Phi) is 17.3. The lowest BCUT2D eigenvalue weighted by Crippen LogP contribution is -2.57. The summed E-state index contributed by atoms with van der Waals surface area (Å²) in [4.78, 5) is 92.4. The summed E-state index contributed by atoms with van der Waals surface area (Å²) >= 11 is 0. The second-order valence-electron chi connectivity index (χ2n) is 17.6. The highest BCUT2D eigenvalue weighted by molar-refractivity contribution is 6.31. The Labute approximate surface area is 396 Å². The number of Topliss-reactive ketones (excluding diaryl/α,β-unsaturated/α-hetero) is 1. The van der Waals surface area contributed by atoms with Crippen molar-refractivity contribution in [1.29, 1.82) is 0 Å². The lowest BCUT2D eigenvalue weighted by atomic mass is 9.72. The molecule has 2 heterocycles. The summed E-state index contributed by atoms with van der Waals surface area (Å²) in [6, 6.07) is 3.12. The van der Waals surface area contributed by atoms with Gasteiger partial charge in [-0.05, 0) is 32.8 Å². The van der Waals surface area contributed by atoms with E-state index in [1.165, 1.54) is 51.5 Å². The van der Waals surface area contributed by atoms with Crippen LogP contribution in [-0.2, 0) is 54.0 Å². The number of carbonyl (C=O) groups is 7. The summed E-state index contributed by atoms with van der Waals surface area (Å²) in [5.74, 6) is -5.48. The smallest absolute Gasteiger partial charge is 0.407 e. The van der Waals surface area contributed by atoms with Crippen molar-refractivity contribution in [1.82, 2.24) is 15.5 Å². The first kappa shape index (κ1) is 52.5. The van der Waals surface area contributed by atoms with E-state index in [1.54, 1.807) is 6.92 Å². The number of unbranched alkanes of at least 4 members (excludes halogenated alkanes) is 2. The Hall–Kier alpha value is -5.85. The molecule has 2 aromatic carbocycles. The van der Waals surface area contributed by atoms with Crippen molar-refractivity contribution < 1.29 is 92.3 Å². The number of nitrogens with one attached hydrogen (secondary N) is 2. The monoisotopic (exact) mass is 969 g/mol. The Balaban J connectivity index is 1.14. The van der Waals surface area contributed by atoms with E-state index in [0.717, 1.165) is 4.90 Å². The molecule has 0 aromatic heterocycles. The molecule has 0 spiro atoms. The summed E-state index contributed by atoms with van der Waals surface area (Å²) in [6.45, 7) is 2.70. The molecule has 1 saturated heterocycles. The number of aliphatic hydroxyl groups is 3. The number of nitrogens with zero attached hydrogens (tertiary/aromatic N) is 1. The number of aliphatic hydroxyl groups excluding tert-OH is 2. The summed E-state index contributed by atoms with van der Waals surface area (Å²) in [5.41, 5.74) is -5.64. The van der Waals surface area contributed by atoms with Gasteiger partial charge in [0, 0.05) is 68.2 Å². The highest BCUT2D eigenvalue weighted by Gasteiger charge is 2.50. The van der Waals surface area contributed by atoms with Gasteiger partial charge in [-0.15, -0.1) is 0 Å². The number of ketones is 3. The molecule has 6 rings (SSSR count). The molecule has 4 amide bonds. The fourth-order valence-corrected chi connectivity index (χ4v) is 8.83. The summed E-state index contributed by atoms with van der Waals surface area (Å²) in [5, 5.41) is 61.7. The van der Waals surface area contributed by atoms with Crippen LogP contribution in [0, 0.1) is 0 Å². The van der Waals surface area contributed by atoms with Crippen LogP contribution < -0.4 is 15.4 Å². The summed E-state index contributed by atoms with van der Waals surface area (Å²) in [6.07, 6.45) is -4.01. The molecule has 0 bridgehead atoms. The average molecular weight is 970 g/mol. The number of carbonyl (C=O) groups excluding carboxylic acids is 7. The second-order valence-corrected chi connectivity index (χ2v) is 17.6. The maximum Gasteiger partial charge on any atom is 0.407 e. The molecule has 2 aliphatic heterocycles. The molecule has 2 aliphatic carbocycles. The number of amides is 4. The molecule has 7 N–H and O–H groups in total. The van der Waals surface area contributed by atoms with E-state index < -0.39 is 114 Å². The number of imide groups is 1. The van der Waals surface area contributed by atoms with Gasteiger partial charge in [-0.2, -0.15) is 0 Å². The third-order valence-corrected chi connectivity index (χ3v) is 12.4. The number of alkyl carbamates (subject to hydrolysis) is 1. The van der Waals surface area contributed by atoms with E-state index in [4.69, 9.17) is 33.2 Å². The topological polar surface area (TPSA) is 313 Å². The number of fused-ring (bicyclic) bond motifs is 3. The first-order valence-electron chi connectivity index (χ1n) is 22.5. The minimum absolute atomic E-state index is 0.0287. The maximum atomic E-state index is 14.0. The number of benzene rings is 2. The number of phenols is 2. The molecule has 2 aromatic rings. The number of hydrogen-bond acceptors (Lipinski definition) is 19. The predicted octanol–water partition coefficient (Wildman–Crippen LogP) is 0.809. The van der Waals surface area contributed by atoms with Crippen LogP contribution in [0.2, 0.25) is 0 Å². The van der Waals surface area contributed by atoms with Crippen LogP contribution in [0.5, 0.6) is 17.2 Å². The first-order chi connectivity index (χ1) is 32.9. The van der Waals surface area contributed by atoms with Crippen LogP contribution >= 0.6 is 0 Å². The van der Waals surface area contributed by atoms with Gasteiger partial charge in [0.05, 0.1) is 80.6 Å². The number of hydrogen-bond donors (Lipinski definition) is 7. The quantitative estimate of drug-likeness (QED) is 0.0393.